The summed E-state index contributed by atoms with van der Waals surface area (Å²) in [5.74, 6) is 1.53. The Morgan fingerprint density at radius 2 is 2.25 bits per heavy atom. The topological polar surface area (TPSA) is 26.3 Å². The van der Waals surface area contributed by atoms with E-state index in [-0.39, 0.29) is 5.78 Å². The van der Waals surface area contributed by atoms with Crippen molar-refractivity contribution in [1.29, 1.82) is 0 Å². The molecule has 1 aliphatic rings. The van der Waals surface area contributed by atoms with E-state index >= 15 is 0 Å². The monoisotopic (exact) mass is 330 g/mol. The first kappa shape index (κ1) is 11.9. The van der Waals surface area contributed by atoms with E-state index in [0.29, 0.717) is 18.1 Å². The number of ketones is 1. The minimum atomic E-state index is 0.222. The number of halogens is 1. The van der Waals surface area contributed by atoms with Crippen LogP contribution in [0.1, 0.15) is 36.0 Å². The third-order valence-corrected chi connectivity index (χ3v) is 3.83. The maximum absolute atomic E-state index is 12.1. The third-order valence-electron chi connectivity index (χ3n) is 3.16. The largest absolute Gasteiger partial charge is 0.496 e. The third kappa shape index (κ3) is 2.56. The van der Waals surface area contributed by atoms with Crippen molar-refractivity contribution in [3.63, 3.8) is 0 Å². The molecule has 0 spiro atoms. The maximum atomic E-state index is 12.1. The number of ether oxygens (including phenoxy) is 1. The van der Waals surface area contributed by atoms with Crippen molar-refractivity contribution >= 4 is 28.4 Å². The lowest BCUT2D eigenvalue weighted by molar-refractivity contribution is 0.0933. The van der Waals surface area contributed by atoms with Crippen molar-refractivity contribution in [3.05, 3.63) is 27.3 Å². The van der Waals surface area contributed by atoms with Crippen LogP contribution >= 0.6 is 22.6 Å². The van der Waals surface area contributed by atoms with Crippen LogP contribution in [0.25, 0.3) is 0 Å². The van der Waals surface area contributed by atoms with E-state index in [1.807, 2.05) is 18.2 Å². The Labute approximate surface area is 110 Å². The zero-order chi connectivity index (χ0) is 11.5. The van der Waals surface area contributed by atoms with Gasteiger partial charge in [0.05, 0.1) is 12.7 Å². The van der Waals surface area contributed by atoms with Gasteiger partial charge in [-0.25, -0.2) is 0 Å². The molecule has 16 heavy (non-hydrogen) atoms. The van der Waals surface area contributed by atoms with Crippen molar-refractivity contribution < 1.29 is 9.53 Å². The van der Waals surface area contributed by atoms with Gasteiger partial charge in [-0.1, -0.05) is 19.3 Å². The molecule has 1 aliphatic carbocycles. The fourth-order valence-corrected chi connectivity index (χ4v) is 2.46. The quantitative estimate of drug-likeness (QED) is 0.622. The van der Waals surface area contributed by atoms with Gasteiger partial charge in [0, 0.05) is 9.99 Å². The van der Waals surface area contributed by atoms with Crippen molar-refractivity contribution in [2.75, 3.05) is 7.11 Å². The van der Waals surface area contributed by atoms with E-state index in [4.69, 9.17) is 4.74 Å². The van der Waals surface area contributed by atoms with Crippen LogP contribution in [0.5, 0.6) is 5.75 Å². The van der Waals surface area contributed by atoms with Crippen LogP contribution in [-0.2, 0) is 0 Å². The van der Waals surface area contributed by atoms with Gasteiger partial charge in [-0.2, -0.15) is 0 Å². The molecule has 0 amide bonds. The minimum Gasteiger partial charge on any atom is -0.496 e. The molecule has 1 saturated carbocycles. The Kier molecular flexibility index (Phi) is 3.84. The Hall–Kier alpha value is -0.580. The van der Waals surface area contributed by atoms with Gasteiger partial charge in [-0.15, -0.1) is 0 Å². The Morgan fingerprint density at radius 1 is 1.50 bits per heavy atom. The summed E-state index contributed by atoms with van der Waals surface area (Å²) in [4.78, 5) is 12.1. The van der Waals surface area contributed by atoms with Gasteiger partial charge in [-0.3, -0.25) is 4.79 Å². The lowest BCUT2D eigenvalue weighted by atomic mass is 9.81. The maximum Gasteiger partial charge on any atom is 0.166 e. The van der Waals surface area contributed by atoms with Crippen LogP contribution in [0.3, 0.4) is 0 Å². The molecule has 0 bridgehead atoms. The van der Waals surface area contributed by atoms with E-state index < -0.39 is 0 Å². The minimum absolute atomic E-state index is 0.222. The second kappa shape index (κ2) is 5.17. The molecule has 1 aromatic rings. The van der Waals surface area contributed by atoms with Gasteiger partial charge in [0.2, 0.25) is 0 Å². The number of Topliss-reactive ketones (excluding diaryl/α,β-unsaturated/α-hetero) is 1. The van der Waals surface area contributed by atoms with Gasteiger partial charge >= 0.3 is 0 Å². The van der Waals surface area contributed by atoms with E-state index in [1.54, 1.807) is 7.11 Å². The van der Waals surface area contributed by atoms with Crippen molar-refractivity contribution in [2.24, 2.45) is 5.92 Å². The average Bonchev–Trinajstić information content (AvgIpc) is 2.23. The van der Waals surface area contributed by atoms with E-state index in [0.717, 1.165) is 9.13 Å². The van der Waals surface area contributed by atoms with Crippen LogP contribution in [0.4, 0.5) is 0 Å². The fourth-order valence-electron chi connectivity index (χ4n) is 1.97. The molecule has 0 saturated heterocycles. The molecule has 1 fully saturated rings. The number of carbonyl (C=O) groups is 1. The molecule has 2 nitrogen and oxygen atoms in total. The summed E-state index contributed by atoms with van der Waals surface area (Å²) in [5.41, 5.74) is 0.737. The molecule has 1 aromatic carbocycles. The van der Waals surface area contributed by atoms with Crippen LogP contribution in [-0.4, -0.2) is 12.9 Å². The lowest BCUT2D eigenvalue weighted by Gasteiger charge is -2.24. The van der Waals surface area contributed by atoms with Crippen LogP contribution in [0.2, 0.25) is 0 Å². The summed E-state index contributed by atoms with van der Waals surface area (Å²) >= 11 is 2.22. The molecule has 0 N–H and O–H groups in total. The number of rotatable bonds is 4. The predicted molar refractivity (Wildman–Crippen MR) is 72.0 cm³/mol. The molecular formula is C13H15IO2. The molecule has 0 radical (unpaired) electrons. The van der Waals surface area contributed by atoms with E-state index in [9.17, 15) is 4.79 Å². The molecule has 0 atom stereocenters. The first-order chi connectivity index (χ1) is 7.70. The summed E-state index contributed by atoms with van der Waals surface area (Å²) in [6.07, 6.45) is 4.37. The standard InChI is InChI=1S/C13H15IO2/c1-16-13-6-5-10(14)8-11(13)12(15)7-9-3-2-4-9/h5-6,8-9H,2-4,7H2,1H3. The van der Waals surface area contributed by atoms with Crippen molar-refractivity contribution in [2.45, 2.75) is 25.7 Å². The van der Waals surface area contributed by atoms with Crippen LogP contribution in [0.15, 0.2) is 18.2 Å². The summed E-state index contributed by atoms with van der Waals surface area (Å²) in [7, 11) is 1.61. The smallest absolute Gasteiger partial charge is 0.166 e. The number of benzene rings is 1. The molecule has 2 rings (SSSR count). The lowest BCUT2D eigenvalue weighted by Crippen LogP contribution is -2.16. The van der Waals surface area contributed by atoms with Crippen molar-refractivity contribution in [3.8, 4) is 5.75 Å². The zero-order valence-corrected chi connectivity index (χ0v) is 11.5. The first-order valence-corrected chi connectivity index (χ1v) is 6.65. The predicted octanol–water partition coefficient (Wildman–Crippen LogP) is 3.67. The first-order valence-electron chi connectivity index (χ1n) is 5.57. The highest BCUT2D eigenvalue weighted by Crippen LogP contribution is 2.32. The summed E-state index contributed by atoms with van der Waals surface area (Å²) < 4.78 is 6.31. The SMILES string of the molecule is COc1ccc(I)cc1C(=O)CC1CCC1. The Balaban J connectivity index is 2.16. The van der Waals surface area contributed by atoms with Crippen LogP contribution in [0, 0.1) is 9.49 Å². The highest BCUT2D eigenvalue weighted by atomic mass is 127. The average molecular weight is 330 g/mol. The molecule has 0 aliphatic heterocycles. The second-order valence-electron chi connectivity index (χ2n) is 4.27. The van der Waals surface area contributed by atoms with Gasteiger partial charge < -0.3 is 4.74 Å². The normalized spacial score (nSPS) is 15.6. The summed E-state index contributed by atoms with van der Waals surface area (Å²) in [6.45, 7) is 0. The van der Waals surface area contributed by atoms with Crippen LogP contribution < -0.4 is 4.74 Å². The molecule has 0 aromatic heterocycles. The molecule has 86 valence electrons. The molecule has 0 heterocycles. The molecule has 3 heteroatoms. The highest BCUT2D eigenvalue weighted by molar-refractivity contribution is 14.1. The van der Waals surface area contributed by atoms with Gasteiger partial charge in [-0.05, 0) is 46.7 Å². The zero-order valence-electron chi connectivity index (χ0n) is 9.33. The number of methoxy groups -OCH3 is 1. The number of carbonyl (C=O) groups excluding carboxylic acids is 1. The van der Waals surface area contributed by atoms with Gasteiger partial charge in [0.25, 0.3) is 0 Å². The van der Waals surface area contributed by atoms with Gasteiger partial charge in [0.1, 0.15) is 5.75 Å². The fraction of sp³-hybridized carbons (Fsp3) is 0.462. The Morgan fingerprint density at radius 3 is 2.81 bits per heavy atom. The van der Waals surface area contributed by atoms with E-state index in [2.05, 4.69) is 22.6 Å². The molecule has 0 unspecified atom stereocenters. The Bertz CT molecular complexity index is 397. The van der Waals surface area contributed by atoms with Gasteiger partial charge in [0.15, 0.2) is 5.78 Å². The number of hydrogen-bond acceptors (Lipinski definition) is 2. The number of hydrogen-bond donors (Lipinski definition) is 0. The van der Waals surface area contributed by atoms with Crippen molar-refractivity contribution in [1.82, 2.24) is 0 Å². The summed E-state index contributed by atoms with van der Waals surface area (Å²) in [5, 5.41) is 0. The van der Waals surface area contributed by atoms with E-state index in [1.165, 1.54) is 19.3 Å². The highest BCUT2D eigenvalue weighted by Gasteiger charge is 2.23. The second-order valence-corrected chi connectivity index (χ2v) is 5.51. The summed E-state index contributed by atoms with van der Waals surface area (Å²) in [6, 6.07) is 5.75. The molecular weight excluding hydrogens is 315 g/mol.